The number of para-hydroxylation sites is 1. The number of carbonyl (C=O) groups excluding carboxylic acids is 1. The summed E-state index contributed by atoms with van der Waals surface area (Å²) in [6.07, 6.45) is 0.722. The lowest BCUT2D eigenvalue weighted by Crippen LogP contribution is -2.44. The molecule has 0 aliphatic carbocycles. The molecule has 5 heteroatoms. The first-order valence-electron chi connectivity index (χ1n) is 6.75. The molecule has 4 N–H and O–H groups in total. The maximum atomic E-state index is 11.8. The molecule has 0 aliphatic rings. The molecule has 1 aromatic rings. The molecule has 0 saturated heterocycles. The van der Waals surface area contributed by atoms with Crippen molar-refractivity contribution in [3.8, 4) is 0 Å². The lowest BCUT2D eigenvalue weighted by molar-refractivity contribution is -0.122. The highest BCUT2D eigenvalue weighted by Crippen LogP contribution is 2.09. The van der Waals surface area contributed by atoms with Crippen LogP contribution in [0.15, 0.2) is 30.3 Å². The van der Waals surface area contributed by atoms with E-state index >= 15 is 0 Å². The van der Waals surface area contributed by atoms with E-state index in [1.807, 2.05) is 30.3 Å². The summed E-state index contributed by atoms with van der Waals surface area (Å²) >= 11 is 0. The van der Waals surface area contributed by atoms with Crippen LogP contribution in [0, 0.1) is 0 Å². The Bertz CT molecular complexity index is 365. The smallest absolute Gasteiger partial charge is 0.256 e. The van der Waals surface area contributed by atoms with Crippen molar-refractivity contribution >= 4 is 11.6 Å². The lowest BCUT2D eigenvalue weighted by Gasteiger charge is -2.23. The Balaban J connectivity index is 2.60. The zero-order valence-electron chi connectivity index (χ0n) is 11.7. The molecule has 0 saturated carbocycles. The van der Waals surface area contributed by atoms with Crippen LogP contribution < -0.4 is 16.6 Å². The summed E-state index contributed by atoms with van der Waals surface area (Å²) in [4.78, 5) is 14.1. The third-order valence-corrected chi connectivity index (χ3v) is 3.20. The standard InChI is InChI=1S/C14H24N4O/c1-3-18(4-2)11-10-13(14(19)17-15)16-12-8-6-5-7-9-12/h5-9,13,16H,3-4,10-11,15H2,1-2H3,(H,17,19)/t13-/m0/s1. The topological polar surface area (TPSA) is 70.4 Å². The largest absolute Gasteiger partial charge is 0.374 e. The van der Waals surface area contributed by atoms with Gasteiger partial charge in [-0.15, -0.1) is 0 Å². The molecule has 1 aromatic carbocycles. The summed E-state index contributed by atoms with van der Waals surface area (Å²) in [5.41, 5.74) is 3.15. The minimum absolute atomic E-state index is 0.184. The average molecular weight is 264 g/mol. The van der Waals surface area contributed by atoms with Gasteiger partial charge in [-0.05, 0) is 31.6 Å². The number of hydrogen-bond acceptors (Lipinski definition) is 4. The predicted molar refractivity (Wildman–Crippen MR) is 78.6 cm³/mol. The fraction of sp³-hybridized carbons (Fsp3) is 0.500. The summed E-state index contributed by atoms with van der Waals surface area (Å²) in [6, 6.07) is 9.38. The Morgan fingerprint density at radius 3 is 2.42 bits per heavy atom. The maximum Gasteiger partial charge on any atom is 0.256 e. The highest BCUT2D eigenvalue weighted by molar-refractivity contribution is 5.84. The minimum Gasteiger partial charge on any atom is -0.374 e. The Morgan fingerprint density at radius 2 is 1.89 bits per heavy atom. The monoisotopic (exact) mass is 264 g/mol. The van der Waals surface area contributed by atoms with Crippen molar-refractivity contribution in [1.82, 2.24) is 10.3 Å². The number of nitrogens with two attached hydrogens (primary N) is 1. The van der Waals surface area contributed by atoms with Gasteiger partial charge in [0.2, 0.25) is 0 Å². The molecular weight excluding hydrogens is 240 g/mol. The van der Waals surface area contributed by atoms with E-state index in [9.17, 15) is 4.79 Å². The molecule has 106 valence electrons. The Kier molecular flexibility index (Phi) is 6.92. The quantitative estimate of drug-likeness (QED) is 0.375. The predicted octanol–water partition coefficient (Wildman–Crippen LogP) is 1.19. The highest BCUT2D eigenvalue weighted by Gasteiger charge is 2.17. The van der Waals surface area contributed by atoms with E-state index in [1.165, 1.54) is 0 Å². The van der Waals surface area contributed by atoms with Crippen LogP contribution in [-0.2, 0) is 4.79 Å². The van der Waals surface area contributed by atoms with Gasteiger partial charge in [0.05, 0.1) is 0 Å². The molecule has 0 aliphatic heterocycles. The third-order valence-electron chi connectivity index (χ3n) is 3.20. The molecule has 1 amide bonds. The van der Waals surface area contributed by atoms with Gasteiger partial charge in [0.1, 0.15) is 6.04 Å². The third kappa shape index (κ3) is 5.28. The molecule has 0 radical (unpaired) electrons. The van der Waals surface area contributed by atoms with Gasteiger partial charge in [-0.2, -0.15) is 0 Å². The van der Waals surface area contributed by atoms with Gasteiger partial charge in [0.15, 0.2) is 0 Å². The minimum atomic E-state index is -0.312. The van der Waals surface area contributed by atoms with E-state index in [0.29, 0.717) is 0 Å². The van der Waals surface area contributed by atoms with Crippen molar-refractivity contribution in [3.63, 3.8) is 0 Å². The van der Waals surface area contributed by atoms with E-state index in [0.717, 1.165) is 31.7 Å². The first-order valence-corrected chi connectivity index (χ1v) is 6.75. The molecule has 0 heterocycles. The van der Waals surface area contributed by atoms with E-state index in [-0.39, 0.29) is 11.9 Å². The molecule has 5 nitrogen and oxygen atoms in total. The zero-order valence-corrected chi connectivity index (χ0v) is 11.7. The zero-order chi connectivity index (χ0) is 14.1. The average Bonchev–Trinajstić information content (AvgIpc) is 2.47. The van der Waals surface area contributed by atoms with Crippen LogP contribution >= 0.6 is 0 Å². The van der Waals surface area contributed by atoms with E-state index in [1.54, 1.807) is 0 Å². The molecule has 0 bridgehead atoms. The lowest BCUT2D eigenvalue weighted by atomic mass is 10.1. The fourth-order valence-corrected chi connectivity index (χ4v) is 1.96. The van der Waals surface area contributed by atoms with Gasteiger partial charge in [-0.3, -0.25) is 10.2 Å². The number of hydrazine groups is 1. The van der Waals surface area contributed by atoms with Crippen LogP contribution in [0.25, 0.3) is 0 Å². The van der Waals surface area contributed by atoms with Gasteiger partial charge in [0.25, 0.3) is 5.91 Å². The SMILES string of the molecule is CCN(CC)CC[C@H](Nc1ccccc1)C(=O)NN. The number of anilines is 1. The summed E-state index contributed by atoms with van der Waals surface area (Å²) in [7, 11) is 0. The highest BCUT2D eigenvalue weighted by atomic mass is 16.2. The second-order valence-corrected chi connectivity index (χ2v) is 4.39. The van der Waals surface area contributed by atoms with Crippen molar-refractivity contribution < 1.29 is 4.79 Å². The molecule has 1 rings (SSSR count). The fourth-order valence-electron chi connectivity index (χ4n) is 1.96. The van der Waals surface area contributed by atoms with Crippen molar-refractivity contribution in [2.75, 3.05) is 25.0 Å². The van der Waals surface area contributed by atoms with Crippen LogP contribution in [0.3, 0.4) is 0 Å². The number of carbonyl (C=O) groups is 1. The van der Waals surface area contributed by atoms with Crippen molar-refractivity contribution in [2.45, 2.75) is 26.3 Å². The van der Waals surface area contributed by atoms with Crippen LogP contribution in [0.1, 0.15) is 20.3 Å². The van der Waals surface area contributed by atoms with Crippen LogP contribution in [-0.4, -0.2) is 36.5 Å². The number of amides is 1. The van der Waals surface area contributed by atoms with Gasteiger partial charge in [0, 0.05) is 12.2 Å². The molecule has 0 unspecified atom stereocenters. The summed E-state index contributed by atoms with van der Waals surface area (Å²) in [5.74, 6) is 5.06. The first kappa shape index (κ1) is 15.5. The molecule has 0 aromatic heterocycles. The van der Waals surface area contributed by atoms with E-state index < -0.39 is 0 Å². The van der Waals surface area contributed by atoms with Gasteiger partial charge >= 0.3 is 0 Å². The number of rotatable bonds is 8. The molecule has 19 heavy (non-hydrogen) atoms. The van der Waals surface area contributed by atoms with Crippen molar-refractivity contribution in [2.24, 2.45) is 5.84 Å². The summed E-state index contributed by atoms with van der Waals surface area (Å²) < 4.78 is 0. The Labute approximate surface area is 115 Å². The van der Waals surface area contributed by atoms with Gasteiger partial charge in [-0.1, -0.05) is 32.0 Å². The van der Waals surface area contributed by atoms with Crippen molar-refractivity contribution in [1.29, 1.82) is 0 Å². The Hall–Kier alpha value is -1.59. The van der Waals surface area contributed by atoms with Gasteiger partial charge < -0.3 is 10.2 Å². The number of hydrogen-bond donors (Lipinski definition) is 3. The second kappa shape index (κ2) is 8.50. The van der Waals surface area contributed by atoms with Crippen LogP contribution in [0.5, 0.6) is 0 Å². The second-order valence-electron chi connectivity index (χ2n) is 4.39. The number of nitrogens with zero attached hydrogens (tertiary/aromatic N) is 1. The molecule has 0 spiro atoms. The number of benzene rings is 1. The molecule has 1 atom stereocenters. The van der Waals surface area contributed by atoms with E-state index in [2.05, 4.69) is 29.5 Å². The first-order chi connectivity index (χ1) is 9.21. The Morgan fingerprint density at radius 1 is 1.26 bits per heavy atom. The van der Waals surface area contributed by atoms with E-state index in [4.69, 9.17) is 5.84 Å². The summed E-state index contributed by atoms with van der Waals surface area (Å²) in [6.45, 7) is 7.07. The van der Waals surface area contributed by atoms with Gasteiger partial charge in [-0.25, -0.2) is 5.84 Å². The molecular formula is C14H24N4O. The number of nitrogens with one attached hydrogen (secondary N) is 2. The van der Waals surface area contributed by atoms with Crippen LogP contribution in [0.2, 0.25) is 0 Å². The molecule has 0 fully saturated rings. The summed E-state index contributed by atoms with van der Waals surface area (Å²) in [5, 5.41) is 3.21. The maximum absolute atomic E-state index is 11.8. The van der Waals surface area contributed by atoms with Crippen LogP contribution in [0.4, 0.5) is 5.69 Å². The van der Waals surface area contributed by atoms with Crippen molar-refractivity contribution in [3.05, 3.63) is 30.3 Å². The normalized spacial score (nSPS) is 12.2.